The number of nitrogens with one attached hydrogen (secondary N) is 1. The number of amides is 3. The Bertz CT molecular complexity index is 772. The molecule has 0 bridgehead atoms. The maximum Gasteiger partial charge on any atom is 0.408 e. The first-order valence-electron chi connectivity index (χ1n) is 9.36. The van der Waals surface area contributed by atoms with Gasteiger partial charge in [-0.15, -0.1) is 0 Å². The van der Waals surface area contributed by atoms with Crippen LogP contribution in [0.4, 0.5) is 4.79 Å². The van der Waals surface area contributed by atoms with E-state index in [2.05, 4.69) is 5.32 Å². The van der Waals surface area contributed by atoms with Crippen LogP contribution in [0.25, 0.3) is 0 Å². The molecule has 1 aliphatic carbocycles. The molecule has 1 unspecified atom stereocenters. The SMILES string of the molecule is CC(C)(C)OC(=O)NC(C(=O)ON1C(=O)c2ccccc2C1=O)C1CCCC1. The summed E-state index contributed by atoms with van der Waals surface area (Å²) in [6, 6.07) is 5.25. The second-order valence-electron chi connectivity index (χ2n) is 8.03. The first-order valence-corrected chi connectivity index (χ1v) is 9.36. The lowest BCUT2D eigenvalue weighted by molar-refractivity contribution is -0.172. The number of alkyl carbamates (subject to hydrolysis) is 1. The number of hydrogen-bond donors (Lipinski definition) is 1. The Morgan fingerprint density at radius 1 is 1.07 bits per heavy atom. The monoisotopic (exact) mass is 388 g/mol. The third kappa shape index (κ3) is 4.16. The first-order chi connectivity index (χ1) is 13.2. The van der Waals surface area contributed by atoms with Gasteiger partial charge in [-0.2, -0.15) is 0 Å². The van der Waals surface area contributed by atoms with Crippen molar-refractivity contribution in [1.82, 2.24) is 10.4 Å². The number of carbonyl (C=O) groups is 4. The van der Waals surface area contributed by atoms with Gasteiger partial charge in [-0.3, -0.25) is 9.59 Å². The summed E-state index contributed by atoms with van der Waals surface area (Å²) in [5.41, 5.74) is -0.368. The van der Waals surface area contributed by atoms with E-state index in [4.69, 9.17) is 9.57 Å². The highest BCUT2D eigenvalue weighted by Crippen LogP contribution is 2.30. The summed E-state index contributed by atoms with van der Waals surface area (Å²) in [6.45, 7) is 5.15. The largest absolute Gasteiger partial charge is 0.444 e. The number of hydroxylamine groups is 2. The molecule has 1 aromatic rings. The topological polar surface area (TPSA) is 102 Å². The molecule has 1 fully saturated rings. The zero-order chi connectivity index (χ0) is 20.5. The van der Waals surface area contributed by atoms with Gasteiger partial charge in [-0.25, -0.2) is 9.59 Å². The summed E-state index contributed by atoms with van der Waals surface area (Å²) in [6.07, 6.45) is 2.58. The fraction of sp³-hybridized carbons (Fsp3) is 0.500. The summed E-state index contributed by atoms with van der Waals surface area (Å²) in [4.78, 5) is 55.0. The molecule has 1 saturated carbocycles. The van der Waals surface area contributed by atoms with E-state index in [-0.39, 0.29) is 17.0 Å². The second kappa shape index (κ2) is 7.61. The van der Waals surface area contributed by atoms with E-state index >= 15 is 0 Å². The molecule has 0 radical (unpaired) electrons. The van der Waals surface area contributed by atoms with E-state index in [1.807, 2.05) is 0 Å². The Balaban J connectivity index is 1.74. The Kier molecular flexibility index (Phi) is 5.40. The van der Waals surface area contributed by atoms with Gasteiger partial charge in [0.2, 0.25) is 0 Å². The molecule has 1 heterocycles. The lowest BCUT2D eigenvalue weighted by Gasteiger charge is -2.26. The smallest absolute Gasteiger partial charge is 0.408 e. The predicted octanol–water partition coefficient (Wildman–Crippen LogP) is 2.82. The van der Waals surface area contributed by atoms with Gasteiger partial charge < -0.3 is 14.9 Å². The maximum absolute atomic E-state index is 12.8. The van der Waals surface area contributed by atoms with Gasteiger partial charge in [0, 0.05) is 0 Å². The molecule has 3 rings (SSSR count). The van der Waals surface area contributed by atoms with Crippen molar-refractivity contribution in [2.75, 3.05) is 0 Å². The lowest BCUT2D eigenvalue weighted by atomic mass is 9.98. The number of imide groups is 1. The molecule has 0 saturated heterocycles. The van der Waals surface area contributed by atoms with E-state index in [0.717, 1.165) is 25.7 Å². The standard InChI is InChI=1S/C20H24N2O6/c1-20(2,3)27-19(26)21-15(12-8-4-5-9-12)18(25)28-22-16(23)13-10-6-7-11-14(13)17(22)24/h6-7,10-12,15H,4-5,8-9H2,1-3H3,(H,21,26). The third-order valence-electron chi connectivity index (χ3n) is 4.74. The van der Waals surface area contributed by atoms with Crippen LogP contribution >= 0.6 is 0 Å². The zero-order valence-corrected chi connectivity index (χ0v) is 16.2. The van der Waals surface area contributed by atoms with Crippen molar-refractivity contribution in [2.45, 2.75) is 58.1 Å². The summed E-state index contributed by atoms with van der Waals surface area (Å²) >= 11 is 0. The van der Waals surface area contributed by atoms with Crippen LogP contribution in [0.3, 0.4) is 0 Å². The minimum absolute atomic E-state index is 0.143. The molecule has 0 spiro atoms. The number of nitrogens with zero attached hydrogens (tertiary/aromatic N) is 1. The van der Waals surface area contributed by atoms with Crippen molar-refractivity contribution in [3.63, 3.8) is 0 Å². The van der Waals surface area contributed by atoms with Crippen LogP contribution in [-0.2, 0) is 14.4 Å². The fourth-order valence-corrected chi connectivity index (χ4v) is 3.49. The minimum Gasteiger partial charge on any atom is -0.444 e. The summed E-state index contributed by atoms with van der Waals surface area (Å²) in [7, 11) is 0. The number of ether oxygens (including phenoxy) is 1. The first kappa shape index (κ1) is 19.9. The molecule has 28 heavy (non-hydrogen) atoms. The highest BCUT2D eigenvalue weighted by Gasteiger charge is 2.42. The van der Waals surface area contributed by atoms with E-state index in [1.54, 1.807) is 32.9 Å². The molecule has 8 nitrogen and oxygen atoms in total. The molecular weight excluding hydrogens is 364 g/mol. The van der Waals surface area contributed by atoms with Crippen molar-refractivity contribution in [3.8, 4) is 0 Å². The van der Waals surface area contributed by atoms with E-state index in [0.29, 0.717) is 5.06 Å². The van der Waals surface area contributed by atoms with Crippen LogP contribution in [0.15, 0.2) is 24.3 Å². The van der Waals surface area contributed by atoms with Crippen molar-refractivity contribution < 1.29 is 28.8 Å². The number of hydrogen-bond acceptors (Lipinski definition) is 6. The number of benzene rings is 1. The van der Waals surface area contributed by atoms with E-state index in [9.17, 15) is 19.2 Å². The lowest BCUT2D eigenvalue weighted by Crippen LogP contribution is -2.50. The van der Waals surface area contributed by atoms with Crippen LogP contribution in [-0.4, -0.2) is 40.6 Å². The van der Waals surface area contributed by atoms with Crippen LogP contribution in [0, 0.1) is 5.92 Å². The van der Waals surface area contributed by atoms with Crippen molar-refractivity contribution in [2.24, 2.45) is 5.92 Å². The molecule has 1 aromatic carbocycles. The molecule has 1 atom stereocenters. The van der Waals surface area contributed by atoms with Crippen LogP contribution in [0.1, 0.15) is 67.2 Å². The minimum atomic E-state index is -0.998. The average Bonchev–Trinajstić information content (AvgIpc) is 3.22. The fourth-order valence-electron chi connectivity index (χ4n) is 3.49. The van der Waals surface area contributed by atoms with Gasteiger partial charge in [-0.05, 0) is 51.7 Å². The summed E-state index contributed by atoms with van der Waals surface area (Å²) in [5, 5.41) is 3.02. The molecule has 8 heteroatoms. The third-order valence-corrected chi connectivity index (χ3v) is 4.74. The molecule has 1 N–H and O–H groups in total. The van der Waals surface area contributed by atoms with Gasteiger partial charge in [-0.1, -0.05) is 30.0 Å². The Morgan fingerprint density at radius 3 is 2.11 bits per heavy atom. The average molecular weight is 388 g/mol. The van der Waals surface area contributed by atoms with Crippen LogP contribution < -0.4 is 5.32 Å². The number of carbonyl (C=O) groups excluding carboxylic acids is 4. The van der Waals surface area contributed by atoms with E-state index < -0.39 is 35.5 Å². The molecule has 2 aliphatic rings. The Labute approximate surface area is 163 Å². The van der Waals surface area contributed by atoms with E-state index in [1.165, 1.54) is 12.1 Å². The summed E-state index contributed by atoms with van der Waals surface area (Å²) < 4.78 is 5.24. The van der Waals surface area contributed by atoms with Crippen molar-refractivity contribution in [1.29, 1.82) is 0 Å². The van der Waals surface area contributed by atoms with Gasteiger partial charge >= 0.3 is 12.1 Å². The second-order valence-corrected chi connectivity index (χ2v) is 8.03. The predicted molar refractivity (Wildman–Crippen MR) is 98.1 cm³/mol. The molecular formula is C20H24N2O6. The highest BCUT2D eigenvalue weighted by atomic mass is 16.7. The van der Waals surface area contributed by atoms with Crippen molar-refractivity contribution in [3.05, 3.63) is 35.4 Å². The highest BCUT2D eigenvalue weighted by molar-refractivity contribution is 6.20. The normalized spacial score (nSPS) is 18.0. The molecule has 150 valence electrons. The quantitative estimate of drug-likeness (QED) is 0.796. The van der Waals surface area contributed by atoms with Crippen molar-refractivity contribution >= 4 is 23.9 Å². The van der Waals surface area contributed by atoms with Gasteiger partial charge in [0.05, 0.1) is 11.1 Å². The van der Waals surface area contributed by atoms with Gasteiger partial charge in [0.25, 0.3) is 11.8 Å². The number of fused-ring (bicyclic) bond motifs is 1. The van der Waals surface area contributed by atoms with Gasteiger partial charge in [0.1, 0.15) is 11.6 Å². The van der Waals surface area contributed by atoms with Crippen LogP contribution in [0.2, 0.25) is 0 Å². The maximum atomic E-state index is 12.8. The Hall–Kier alpha value is -2.90. The number of rotatable bonds is 4. The van der Waals surface area contributed by atoms with Gasteiger partial charge in [0.15, 0.2) is 0 Å². The molecule has 1 aliphatic heterocycles. The molecule has 0 aromatic heterocycles. The summed E-state index contributed by atoms with van der Waals surface area (Å²) in [5.74, 6) is -2.39. The van der Waals surface area contributed by atoms with Crippen LogP contribution in [0.5, 0.6) is 0 Å². The Morgan fingerprint density at radius 2 is 1.61 bits per heavy atom. The zero-order valence-electron chi connectivity index (χ0n) is 16.2. The molecule has 3 amide bonds.